The van der Waals surface area contributed by atoms with Crippen molar-refractivity contribution in [2.24, 2.45) is 0 Å². The van der Waals surface area contributed by atoms with Crippen LogP contribution < -0.4 is 5.32 Å². The zero-order chi connectivity index (χ0) is 11.5. The number of aromatic nitrogens is 3. The van der Waals surface area contributed by atoms with Crippen molar-refractivity contribution in [3.63, 3.8) is 0 Å². The number of hydrogen-bond acceptors (Lipinski definition) is 5. The second-order valence-corrected chi connectivity index (χ2v) is 4.24. The Hall–Kier alpha value is -1.75. The third-order valence-corrected chi connectivity index (χ3v) is 2.93. The minimum atomic E-state index is 0.241. The molecule has 5 nitrogen and oxygen atoms in total. The Morgan fingerprint density at radius 1 is 1.47 bits per heavy atom. The molecule has 2 aromatic heterocycles. The van der Waals surface area contributed by atoms with Crippen LogP contribution in [0, 0.1) is 0 Å². The molecule has 0 amide bonds. The average molecular weight is 230 g/mol. The SMILES string of the molecule is c1cncc(Cc2noc([C@H]3CCCN3)n2)c1. The quantitative estimate of drug-likeness (QED) is 0.865. The van der Waals surface area contributed by atoms with Crippen LogP contribution >= 0.6 is 0 Å². The highest BCUT2D eigenvalue weighted by atomic mass is 16.5. The minimum absolute atomic E-state index is 0.241. The predicted molar refractivity (Wildman–Crippen MR) is 61.3 cm³/mol. The van der Waals surface area contributed by atoms with E-state index in [-0.39, 0.29) is 6.04 Å². The number of nitrogens with zero attached hydrogens (tertiary/aromatic N) is 3. The molecular weight excluding hydrogens is 216 g/mol. The summed E-state index contributed by atoms with van der Waals surface area (Å²) in [7, 11) is 0. The molecule has 0 spiro atoms. The molecule has 17 heavy (non-hydrogen) atoms. The number of hydrogen-bond donors (Lipinski definition) is 1. The van der Waals surface area contributed by atoms with Crippen LogP contribution in [0.1, 0.15) is 36.2 Å². The molecule has 0 aromatic carbocycles. The van der Waals surface area contributed by atoms with Crippen LogP contribution in [-0.4, -0.2) is 21.7 Å². The van der Waals surface area contributed by atoms with E-state index in [0.717, 1.165) is 24.4 Å². The maximum atomic E-state index is 5.28. The number of nitrogens with one attached hydrogen (secondary N) is 1. The molecule has 3 heterocycles. The van der Waals surface area contributed by atoms with E-state index in [4.69, 9.17) is 4.52 Å². The van der Waals surface area contributed by atoms with Crippen LogP contribution in [0.5, 0.6) is 0 Å². The fourth-order valence-electron chi connectivity index (χ4n) is 2.06. The van der Waals surface area contributed by atoms with Crippen molar-refractivity contribution in [2.45, 2.75) is 25.3 Å². The lowest BCUT2D eigenvalue weighted by atomic mass is 10.2. The van der Waals surface area contributed by atoms with Crippen molar-refractivity contribution in [2.75, 3.05) is 6.54 Å². The van der Waals surface area contributed by atoms with Gasteiger partial charge in [-0.2, -0.15) is 4.98 Å². The Kier molecular flexibility index (Phi) is 2.83. The van der Waals surface area contributed by atoms with Crippen molar-refractivity contribution in [3.8, 4) is 0 Å². The summed E-state index contributed by atoms with van der Waals surface area (Å²) in [6.07, 6.45) is 6.50. The van der Waals surface area contributed by atoms with Gasteiger partial charge in [-0.1, -0.05) is 11.2 Å². The molecule has 1 aliphatic rings. The van der Waals surface area contributed by atoms with E-state index < -0.39 is 0 Å². The molecule has 1 N–H and O–H groups in total. The van der Waals surface area contributed by atoms with E-state index in [9.17, 15) is 0 Å². The van der Waals surface area contributed by atoms with Gasteiger partial charge >= 0.3 is 0 Å². The van der Waals surface area contributed by atoms with Gasteiger partial charge in [0.15, 0.2) is 5.82 Å². The first-order valence-electron chi connectivity index (χ1n) is 5.86. The van der Waals surface area contributed by atoms with Gasteiger partial charge in [0, 0.05) is 18.8 Å². The highest BCUT2D eigenvalue weighted by molar-refractivity contribution is 5.14. The van der Waals surface area contributed by atoms with Gasteiger partial charge in [-0.15, -0.1) is 0 Å². The third kappa shape index (κ3) is 2.34. The molecule has 1 fully saturated rings. The van der Waals surface area contributed by atoms with Gasteiger partial charge in [0.25, 0.3) is 0 Å². The summed E-state index contributed by atoms with van der Waals surface area (Å²) in [5.41, 5.74) is 1.10. The zero-order valence-electron chi connectivity index (χ0n) is 9.47. The summed E-state index contributed by atoms with van der Waals surface area (Å²) in [5, 5.41) is 7.34. The van der Waals surface area contributed by atoms with Gasteiger partial charge in [0.2, 0.25) is 5.89 Å². The lowest BCUT2D eigenvalue weighted by molar-refractivity contribution is 0.341. The van der Waals surface area contributed by atoms with Crippen molar-refractivity contribution in [3.05, 3.63) is 41.8 Å². The second kappa shape index (κ2) is 4.63. The smallest absolute Gasteiger partial charge is 0.243 e. The molecule has 1 aliphatic heterocycles. The summed E-state index contributed by atoms with van der Waals surface area (Å²) in [6, 6.07) is 4.16. The van der Waals surface area contributed by atoms with E-state index >= 15 is 0 Å². The molecule has 0 aliphatic carbocycles. The summed E-state index contributed by atoms with van der Waals surface area (Å²) < 4.78 is 5.28. The summed E-state index contributed by atoms with van der Waals surface area (Å²) >= 11 is 0. The molecule has 88 valence electrons. The molecule has 2 aromatic rings. The molecule has 0 unspecified atom stereocenters. The van der Waals surface area contributed by atoms with Crippen LogP contribution in [0.4, 0.5) is 0 Å². The number of pyridine rings is 1. The molecule has 0 bridgehead atoms. The van der Waals surface area contributed by atoms with Crippen molar-refractivity contribution < 1.29 is 4.52 Å². The van der Waals surface area contributed by atoms with Gasteiger partial charge in [-0.3, -0.25) is 4.98 Å². The normalized spacial score (nSPS) is 19.6. The standard InChI is InChI=1S/C12H14N4O/c1-3-9(8-13-5-1)7-11-15-12(17-16-11)10-4-2-6-14-10/h1,3,5,8,10,14H,2,4,6-7H2/t10-/m1/s1. The van der Waals surface area contributed by atoms with Gasteiger partial charge in [0.05, 0.1) is 6.04 Å². The highest BCUT2D eigenvalue weighted by Crippen LogP contribution is 2.21. The topological polar surface area (TPSA) is 63.8 Å². The van der Waals surface area contributed by atoms with E-state index in [1.807, 2.05) is 18.3 Å². The predicted octanol–water partition coefficient (Wildman–Crippen LogP) is 1.48. The average Bonchev–Trinajstić information content (AvgIpc) is 3.00. The summed E-state index contributed by atoms with van der Waals surface area (Å²) in [6.45, 7) is 1.03. The van der Waals surface area contributed by atoms with Crippen LogP contribution in [0.3, 0.4) is 0 Å². The molecule has 5 heteroatoms. The third-order valence-electron chi connectivity index (χ3n) is 2.93. The molecule has 1 atom stereocenters. The lowest BCUT2D eigenvalue weighted by Crippen LogP contribution is -2.13. The van der Waals surface area contributed by atoms with E-state index in [1.165, 1.54) is 6.42 Å². The van der Waals surface area contributed by atoms with Crippen LogP contribution in [-0.2, 0) is 6.42 Å². The molecule has 1 saturated heterocycles. The van der Waals surface area contributed by atoms with E-state index in [2.05, 4.69) is 20.4 Å². The van der Waals surface area contributed by atoms with Crippen molar-refractivity contribution in [1.29, 1.82) is 0 Å². The zero-order valence-corrected chi connectivity index (χ0v) is 9.47. The fraction of sp³-hybridized carbons (Fsp3) is 0.417. The van der Waals surface area contributed by atoms with Gasteiger partial charge in [0.1, 0.15) is 0 Å². The largest absolute Gasteiger partial charge is 0.338 e. The lowest BCUT2D eigenvalue weighted by Gasteiger charge is -2.01. The first kappa shape index (κ1) is 10.4. The maximum Gasteiger partial charge on any atom is 0.243 e. The van der Waals surface area contributed by atoms with Gasteiger partial charge in [-0.05, 0) is 31.0 Å². The van der Waals surface area contributed by atoms with E-state index in [1.54, 1.807) is 6.20 Å². The second-order valence-electron chi connectivity index (χ2n) is 4.24. The van der Waals surface area contributed by atoms with Crippen LogP contribution in [0.25, 0.3) is 0 Å². The number of rotatable bonds is 3. The maximum absolute atomic E-state index is 5.28. The van der Waals surface area contributed by atoms with E-state index in [0.29, 0.717) is 12.3 Å². The molecule has 0 radical (unpaired) electrons. The Bertz CT molecular complexity index is 476. The van der Waals surface area contributed by atoms with Crippen LogP contribution in [0.2, 0.25) is 0 Å². The Labute approximate surface area is 99.3 Å². The first-order valence-corrected chi connectivity index (χ1v) is 5.86. The minimum Gasteiger partial charge on any atom is -0.338 e. The summed E-state index contributed by atoms with van der Waals surface area (Å²) in [4.78, 5) is 8.49. The van der Waals surface area contributed by atoms with Crippen molar-refractivity contribution in [1.82, 2.24) is 20.4 Å². The highest BCUT2D eigenvalue weighted by Gasteiger charge is 2.22. The van der Waals surface area contributed by atoms with Crippen molar-refractivity contribution >= 4 is 0 Å². The summed E-state index contributed by atoms with van der Waals surface area (Å²) in [5.74, 6) is 1.43. The Morgan fingerprint density at radius 3 is 3.24 bits per heavy atom. The fourth-order valence-corrected chi connectivity index (χ4v) is 2.06. The first-order chi connectivity index (χ1) is 8.42. The molecular formula is C12H14N4O. The molecule has 0 saturated carbocycles. The van der Waals surface area contributed by atoms with Crippen LogP contribution in [0.15, 0.2) is 29.0 Å². The Balaban J connectivity index is 1.72. The van der Waals surface area contributed by atoms with Gasteiger partial charge in [-0.25, -0.2) is 0 Å². The Morgan fingerprint density at radius 2 is 2.47 bits per heavy atom. The van der Waals surface area contributed by atoms with Gasteiger partial charge < -0.3 is 9.84 Å². The monoisotopic (exact) mass is 230 g/mol. The molecule has 3 rings (SSSR count).